The molecule has 0 aliphatic rings. The molecule has 39 heavy (non-hydrogen) atoms. The Morgan fingerprint density at radius 2 is 1.44 bits per heavy atom. The number of nitrogens with zero attached hydrogens (tertiary/aromatic N) is 2. The molecule has 0 saturated heterocycles. The van der Waals surface area contributed by atoms with Crippen LogP contribution in [0.1, 0.15) is 6.92 Å². The third-order valence-electron chi connectivity index (χ3n) is 5.49. The summed E-state index contributed by atoms with van der Waals surface area (Å²) in [7, 11) is -7.73. The molecule has 1 heterocycles. The molecule has 0 aliphatic carbocycles. The molecular formula is C27H26N4O6S2. The van der Waals surface area contributed by atoms with E-state index >= 15 is 0 Å². The van der Waals surface area contributed by atoms with Crippen LogP contribution in [0.25, 0.3) is 0 Å². The van der Waals surface area contributed by atoms with Gasteiger partial charge in [0.1, 0.15) is 23.4 Å². The van der Waals surface area contributed by atoms with Crippen LogP contribution in [0.3, 0.4) is 0 Å². The van der Waals surface area contributed by atoms with E-state index in [0.29, 0.717) is 17.2 Å². The summed E-state index contributed by atoms with van der Waals surface area (Å²) in [4.78, 5) is 16.9. The minimum Gasteiger partial charge on any atom is -0.457 e. The number of anilines is 3. The SMILES string of the molecule is CC(C(=O)Nc1ccc(S(=O)(=O)Nc2ccccn2)cc1)N(c1ccc(Oc2ccccc2)cc1)S(C)(=O)=O. The highest BCUT2D eigenvalue weighted by Gasteiger charge is 2.29. The van der Waals surface area contributed by atoms with Crippen LogP contribution < -0.4 is 19.1 Å². The van der Waals surface area contributed by atoms with Gasteiger partial charge in [-0.05, 0) is 79.7 Å². The molecule has 0 aliphatic heterocycles. The van der Waals surface area contributed by atoms with E-state index in [0.717, 1.165) is 10.6 Å². The third-order valence-corrected chi connectivity index (χ3v) is 8.11. The van der Waals surface area contributed by atoms with Gasteiger partial charge in [0.15, 0.2) is 0 Å². The molecule has 0 fully saturated rings. The van der Waals surface area contributed by atoms with Crippen molar-refractivity contribution in [2.24, 2.45) is 0 Å². The van der Waals surface area contributed by atoms with Gasteiger partial charge in [0, 0.05) is 11.9 Å². The Hall–Kier alpha value is -4.42. The van der Waals surface area contributed by atoms with Gasteiger partial charge < -0.3 is 10.1 Å². The molecular weight excluding hydrogens is 540 g/mol. The van der Waals surface area contributed by atoms with E-state index in [1.807, 2.05) is 18.2 Å². The zero-order valence-electron chi connectivity index (χ0n) is 21.1. The van der Waals surface area contributed by atoms with Crippen molar-refractivity contribution in [3.63, 3.8) is 0 Å². The number of para-hydroxylation sites is 1. The molecule has 0 spiro atoms. The van der Waals surface area contributed by atoms with Crippen LogP contribution in [0.5, 0.6) is 11.5 Å². The topological polar surface area (TPSA) is 135 Å². The van der Waals surface area contributed by atoms with Gasteiger partial charge in [0.2, 0.25) is 15.9 Å². The van der Waals surface area contributed by atoms with Gasteiger partial charge in [-0.2, -0.15) is 0 Å². The van der Waals surface area contributed by atoms with Gasteiger partial charge in [-0.3, -0.25) is 13.8 Å². The summed E-state index contributed by atoms with van der Waals surface area (Å²) in [5, 5.41) is 2.64. The molecule has 1 atom stereocenters. The molecule has 3 aromatic carbocycles. The smallest absolute Gasteiger partial charge is 0.263 e. The Balaban J connectivity index is 1.46. The fourth-order valence-electron chi connectivity index (χ4n) is 3.68. The van der Waals surface area contributed by atoms with Crippen molar-refractivity contribution >= 4 is 43.1 Å². The number of hydrogen-bond donors (Lipinski definition) is 2. The zero-order valence-corrected chi connectivity index (χ0v) is 22.7. The monoisotopic (exact) mass is 566 g/mol. The molecule has 12 heteroatoms. The van der Waals surface area contributed by atoms with Crippen LogP contribution in [0.4, 0.5) is 17.2 Å². The molecule has 0 saturated carbocycles. The predicted molar refractivity (Wildman–Crippen MR) is 150 cm³/mol. The summed E-state index contributed by atoms with van der Waals surface area (Å²) < 4.78 is 59.6. The summed E-state index contributed by atoms with van der Waals surface area (Å²) in [5.74, 6) is 0.698. The average Bonchev–Trinajstić information content (AvgIpc) is 2.90. The average molecular weight is 567 g/mol. The lowest BCUT2D eigenvalue weighted by atomic mass is 10.2. The maximum atomic E-state index is 13.0. The Bertz CT molecular complexity index is 1630. The van der Waals surface area contributed by atoms with Crippen molar-refractivity contribution in [1.82, 2.24) is 4.98 Å². The van der Waals surface area contributed by atoms with Gasteiger partial charge in [-0.15, -0.1) is 0 Å². The number of amides is 1. The second kappa shape index (κ2) is 11.5. The number of carbonyl (C=O) groups is 1. The first-order chi connectivity index (χ1) is 18.5. The lowest BCUT2D eigenvalue weighted by Crippen LogP contribution is -2.45. The first-order valence-electron chi connectivity index (χ1n) is 11.7. The number of benzene rings is 3. The molecule has 2 N–H and O–H groups in total. The molecule has 0 bridgehead atoms. The highest BCUT2D eigenvalue weighted by Crippen LogP contribution is 2.27. The Morgan fingerprint density at radius 1 is 0.821 bits per heavy atom. The van der Waals surface area contributed by atoms with E-state index in [9.17, 15) is 21.6 Å². The van der Waals surface area contributed by atoms with E-state index in [2.05, 4.69) is 15.0 Å². The number of pyridine rings is 1. The lowest BCUT2D eigenvalue weighted by Gasteiger charge is -2.28. The molecule has 4 aromatic rings. The zero-order chi connectivity index (χ0) is 28.0. The molecule has 4 rings (SSSR count). The first-order valence-corrected chi connectivity index (χ1v) is 15.0. The quantitative estimate of drug-likeness (QED) is 0.289. The summed E-state index contributed by atoms with van der Waals surface area (Å²) in [6, 6.07) is 24.7. The van der Waals surface area contributed by atoms with Crippen molar-refractivity contribution in [3.05, 3.63) is 103 Å². The van der Waals surface area contributed by atoms with E-state index in [-0.39, 0.29) is 16.4 Å². The number of aromatic nitrogens is 1. The summed E-state index contributed by atoms with van der Waals surface area (Å²) in [6.07, 6.45) is 2.48. The summed E-state index contributed by atoms with van der Waals surface area (Å²) in [5.41, 5.74) is 0.575. The van der Waals surface area contributed by atoms with Crippen LogP contribution in [0.2, 0.25) is 0 Å². The lowest BCUT2D eigenvalue weighted by molar-refractivity contribution is -0.116. The van der Waals surface area contributed by atoms with Gasteiger partial charge in [-0.1, -0.05) is 24.3 Å². The van der Waals surface area contributed by atoms with E-state index < -0.39 is 32.0 Å². The van der Waals surface area contributed by atoms with Crippen LogP contribution in [0.15, 0.2) is 108 Å². The molecule has 202 valence electrons. The highest BCUT2D eigenvalue weighted by molar-refractivity contribution is 7.92. The van der Waals surface area contributed by atoms with Gasteiger partial charge in [0.25, 0.3) is 10.0 Å². The number of sulfonamides is 2. The number of rotatable bonds is 10. The van der Waals surface area contributed by atoms with Gasteiger partial charge in [-0.25, -0.2) is 21.8 Å². The van der Waals surface area contributed by atoms with Gasteiger partial charge in [0.05, 0.1) is 16.8 Å². The largest absolute Gasteiger partial charge is 0.457 e. The van der Waals surface area contributed by atoms with Crippen molar-refractivity contribution in [2.45, 2.75) is 17.9 Å². The Labute approximate surface area is 227 Å². The fourth-order valence-corrected chi connectivity index (χ4v) is 5.86. The number of carbonyl (C=O) groups excluding carboxylic acids is 1. The van der Waals surface area contributed by atoms with Crippen molar-refractivity contribution in [3.8, 4) is 11.5 Å². The Morgan fingerprint density at radius 3 is 2.03 bits per heavy atom. The van der Waals surface area contributed by atoms with E-state index in [1.54, 1.807) is 48.5 Å². The van der Waals surface area contributed by atoms with Crippen molar-refractivity contribution < 1.29 is 26.4 Å². The first kappa shape index (κ1) is 27.6. The maximum absolute atomic E-state index is 13.0. The number of hydrogen-bond acceptors (Lipinski definition) is 7. The van der Waals surface area contributed by atoms with Crippen molar-refractivity contribution in [1.29, 1.82) is 0 Å². The highest BCUT2D eigenvalue weighted by atomic mass is 32.2. The number of nitrogens with one attached hydrogen (secondary N) is 2. The van der Waals surface area contributed by atoms with Crippen LogP contribution in [-0.4, -0.2) is 40.0 Å². The minimum atomic E-state index is -3.89. The van der Waals surface area contributed by atoms with Crippen LogP contribution in [0, 0.1) is 0 Å². The Kier molecular flexibility index (Phi) is 8.17. The summed E-state index contributed by atoms with van der Waals surface area (Å²) in [6.45, 7) is 1.46. The normalized spacial score (nSPS) is 12.3. The van der Waals surface area contributed by atoms with Gasteiger partial charge >= 0.3 is 0 Å². The predicted octanol–water partition coefficient (Wildman–Crippen LogP) is 4.47. The van der Waals surface area contributed by atoms with E-state index in [1.165, 1.54) is 43.5 Å². The molecule has 1 amide bonds. The van der Waals surface area contributed by atoms with E-state index in [4.69, 9.17) is 4.74 Å². The molecule has 1 unspecified atom stereocenters. The summed E-state index contributed by atoms with van der Waals surface area (Å²) >= 11 is 0. The molecule has 1 aromatic heterocycles. The van der Waals surface area contributed by atoms with Crippen LogP contribution >= 0.6 is 0 Å². The second-order valence-corrected chi connectivity index (χ2v) is 12.0. The fraction of sp³-hybridized carbons (Fsp3) is 0.111. The third kappa shape index (κ3) is 7.12. The molecule has 10 nitrogen and oxygen atoms in total. The molecule has 0 radical (unpaired) electrons. The van der Waals surface area contributed by atoms with Crippen molar-refractivity contribution in [2.75, 3.05) is 20.6 Å². The van der Waals surface area contributed by atoms with Crippen LogP contribution in [-0.2, 0) is 24.8 Å². The minimum absolute atomic E-state index is 0.0326. The second-order valence-electron chi connectivity index (χ2n) is 8.48. The number of ether oxygens (including phenoxy) is 1. The maximum Gasteiger partial charge on any atom is 0.263 e. The standard InChI is InChI=1S/C27H26N4O6S2/c1-20(31(38(2,33)34)22-13-15-24(16-14-22)37-23-8-4-3-5-9-23)27(32)29-21-11-17-25(18-12-21)39(35,36)30-26-10-6-7-19-28-26/h3-20H,1-2H3,(H,28,30)(H,29,32).